The van der Waals surface area contributed by atoms with E-state index in [4.69, 9.17) is 10.5 Å². The van der Waals surface area contributed by atoms with Crippen molar-refractivity contribution in [2.24, 2.45) is 5.73 Å². The van der Waals surface area contributed by atoms with E-state index in [1.54, 1.807) is 0 Å². The lowest BCUT2D eigenvalue weighted by molar-refractivity contribution is 0.134. The minimum absolute atomic E-state index is 0.0948. The van der Waals surface area contributed by atoms with Crippen molar-refractivity contribution in [1.82, 2.24) is 0 Å². The van der Waals surface area contributed by atoms with Crippen LogP contribution >= 0.6 is 0 Å². The van der Waals surface area contributed by atoms with Crippen LogP contribution in [0.4, 0.5) is 0 Å². The molecule has 3 nitrogen and oxygen atoms in total. The van der Waals surface area contributed by atoms with Gasteiger partial charge in [0.1, 0.15) is 5.75 Å². The van der Waals surface area contributed by atoms with Gasteiger partial charge in [-0.3, -0.25) is 0 Å². The Morgan fingerprint density at radius 3 is 2.36 bits per heavy atom. The molecule has 0 heterocycles. The van der Waals surface area contributed by atoms with Crippen LogP contribution in [0.15, 0.2) is 18.2 Å². The van der Waals surface area contributed by atoms with Crippen LogP contribution in [0.3, 0.4) is 0 Å². The molecular formula is C19H33NO2. The number of aliphatic hydroxyl groups is 1. The van der Waals surface area contributed by atoms with Crippen LogP contribution in [-0.2, 0) is 5.41 Å². The Hall–Kier alpha value is -1.06. The minimum atomic E-state index is -0.493. The van der Waals surface area contributed by atoms with Gasteiger partial charge in [-0.05, 0) is 48.3 Å². The number of benzene rings is 1. The van der Waals surface area contributed by atoms with Crippen LogP contribution in [0.25, 0.3) is 0 Å². The highest BCUT2D eigenvalue weighted by Crippen LogP contribution is 2.34. The predicted molar refractivity (Wildman–Crippen MR) is 93.6 cm³/mol. The SMILES string of the molecule is CCCOc1ccc(C(C)(C)C)cc1C(C)CC(O)C(C)N. The van der Waals surface area contributed by atoms with Gasteiger partial charge in [-0.1, -0.05) is 46.8 Å². The second kappa shape index (κ2) is 7.98. The second-order valence-corrected chi connectivity index (χ2v) is 7.41. The van der Waals surface area contributed by atoms with Crippen molar-refractivity contribution in [2.45, 2.75) is 77.9 Å². The van der Waals surface area contributed by atoms with Gasteiger partial charge in [0.05, 0.1) is 12.7 Å². The molecular weight excluding hydrogens is 274 g/mol. The van der Waals surface area contributed by atoms with Crippen molar-refractivity contribution in [3.05, 3.63) is 29.3 Å². The number of hydrogen-bond donors (Lipinski definition) is 2. The van der Waals surface area contributed by atoms with Crippen molar-refractivity contribution in [3.63, 3.8) is 0 Å². The van der Waals surface area contributed by atoms with Crippen molar-refractivity contribution in [3.8, 4) is 5.75 Å². The summed E-state index contributed by atoms with van der Waals surface area (Å²) in [5.74, 6) is 1.13. The fourth-order valence-electron chi connectivity index (χ4n) is 2.45. The van der Waals surface area contributed by atoms with Gasteiger partial charge < -0.3 is 15.6 Å². The summed E-state index contributed by atoms with van der Waals surface area (Å²) in [7, 11) is 0. The highest BCUT2D eigenvalue weighted by molar-refractivity contribution is 5.41. The molecule has 1 aromatic rings. The summed E-state index contributed by atoms with van der Waals surface area (Å²) in [6.07, 6.45) is 1.14. The highest BCUT2D eigenvalue weighted by atomic mass is 16.5. The number of nitrogens with two attached hydrogens (primary N) is 1. The Bertz CT molecular complexity index is 463. The molecule has 3 atom stereocenters. The lowest BCUT2D eigenvalue weighted by atomic mass is 9.83. The zero-order chi connectivity index (χ0) is 16.9. The van der Waals surface area contributed by atoms with Gasteiger partial charge in [0, 0.05) is 6.04 Å². The summed E-state index contributed by atoms with van der Waals surface area (Å²) in [6, 6.07) is 6.22. The molecule has 1 aromatic carbocycles. The first-order chi connectivity index (χ1) is 10.2. The standard InChI is InChI=1S/C19H33NO2/c1-7-10-22-18-9-8-15(19(4,5)6)12-16(18)13(2)11-17(21)14(3)20/h8-9,12-14,17,21H,7,10-11,20H2,1-6H3. The molecule has 0 radical (unpaired) electrons. The molecule has 0 aromatic heterocycles. The highest BCUT2D eigenvalue weighted by Gasteiger charge is 2.21. The third-order valence-electron chi connectivity index (χ3n) is 4.07. The van der Waals surface area contributed by atoms with Gasteiger partial charge in [-0.25, -0.2) is 0 Å². The predicted octanol–water partition coefficient (Wildman–Crippen LogP) is 3.97. The van der Waals surface area contributed by atoms with Crippen molar-refractivity contribution in [2.75, 3.05) is 6.61 Å². The molecule has 0 bridgehead atoms. The van der Waals surface area contributed by atoms with E-state index < -0.39 is 6.10 Å². The summed E-state index contributed by atoms with van der Waals surface area (Å²) in [5, 5.41) is 10.1. The van der Waals surface area contributed by atoms with Gasteiger partial charge in [0.15, 0.2) is 0 Å². The third kappa shape index (κ3) is 5.29. The van der Waals surface area contributed by atoms with Crippen LogP contribution in [0, 0.1) is 0 Å². The van der Waals surface area contributed by atoms with Crippen LogP contribution < -0.4 is 10.5 Å². The molecule has 0 aliphatic carbocycles. The Labute approximate surface area is 135 Å². The number of rotatable bonds is 7. The molecule has 0 aliphatic rings. The van der Waals surface area contributed by atoms with Gasteiger partial charge >= 0.3 is 0 Å². The van der Waals surface area contributed by atoms with E-state index in [1.807, 2.05) is 6.92 Å². The van der Waals surface area contributed by atoms with Gasteiger partial charge in [-0.15, -0.1) is 0 Å². The third-order valence-corrected chi connectivity index (χ3v) is 4.07. The Morgan fingerprint density at radius 1 is 1.23 bits per heavy atom. The fourth-order valence-corrected chi connectivity index (χ4v) is 2.45. The lowest BCUT2D eigenvalue weighted by Gasteiger charge is -2.25. The smallest absolute Gasteiger partial charge is 0.122 e. The minimum Gasteiger partial charge on any atom is -0.493 e. The first-order valence-electron chi connectivity index (χ1n) is 8.37. The Kier molecular flexibility index (Phi) is 6.89. The first-order valence-corrected chi connectivity index (χ1v) is 8.37. The largest absolute Gasteiger partial charge is 0.493 e. The molecule has 3 unspecified atom stereocenters. The molecule has 0 saturated heterocycles. The van der Waals surface area contributed by atoms with Crippen molar-refractivity contribution < 1.29 is 9.84 Å². The van der Waals surface area contributed by atoms with E-state index in [9.17, 15) is 5.11 Å². The maximum Gasteiger partial charge on any atom is 0.122 e. The summed E-state index contributed by atoms with van der Waals surface area (Å²) in [5.41, 5.74) is 8.35. The number of ether oxygens (including phenoxy) is 1. The molecule has 126 valence electrons. The Balaban J connectivity index is 3.09. The molecule has 0 spiro atoms. The van der Waals surface area contributed by atoms with E-state index in [2.05, 4.69) is 52.8 Å². The van der Waals surface area contributed by atoms with Crippen LogP contribution in [-0.4, -0.2) is 23.9 Å². The fraction of sp³-hybridized carbons (Fsp3) is 0.684. The molecule has 0 aliphatic heterocycles. The summed E-state index contributed by atoms with van der Waals surface area (Å²) in [6.45, 7) is 13.4. The summed E-state index contributed by atoms with van der Waals surface area (Å²) in [4.78, 5) is 0. The number of hydrogen-bond acceptors (Lipinski definition) is 3. The van der Waals surface area contributed by atoms with Crippen LogP contribution in [0.1, 0.15) is 71.4 Å². The number of aliphatic hydroxyl groups excluding tert-OH is 1. The summed E-state index contributed by atoms with van der Waals surface area (Å²) >= 11 is 0. The Morgan fingerprint density at radius 2 is 1.86 bits per heavy atom. The molecule has 3 N–H and O–H groups in total. The molecule has 22 heavy (non-hydrogen) atoms. The van der Waals surface area contributed by atoms with Gasteiger partial charge in [0.2, 0.25) is 0 Å². The van der Waals surface area contributed by atoms with Crippen LogP contribution in [0.5, 0.6) is 5.75 Å². The molecule has 1 rings (SSSR count). The van der Waals surface area contributed by atoms with E-state index in [-0.39, 0.29) is 17.4 Å². The van der Waals surface area contributed by atoms with Gasteiger partial charge in [-0.2, -0.15) is 0 Å². The molecule has 0 fully saturated rings. The van der Waals surface area contributed by atoms with Crippen LogP contribution in [0.2, 0.25) is 0 Å². The normalized spacial score (nSPS) is 16.2. The maximum atomic E-state index is 10.1. The quantitative estimate of drug-likeness (QED) is 0.801. The van der Waals surface area contributed by atoms with E-state index >= 15 is 0 Å². The second-order valence-electron chi connectivity index (χ2n) is 7.41. The average Bonchev–Trinajstić information content (AvgIpc) is 2.43. The molecule has 0 saturated carbocycles. The van der Waals surface area contributed by atoms with E-state index in [1.165, 1.54) is 11.1 Å². The topological polar surface area (TPSA) is 55.5 Å². The van der Waals surface area contributed by atoms with E-state index in [0.29, 0.717) is 13.0 Å². The zero-order valence-electron chi connectivity index (χ0n) is 15.0. The average molecular weight is 307 g/mol. The first kappa shape index (κ1) is 19.0. The summed E-state index contributed by atoms with van der Waals surface area (Å²) < 4.78 is 5.90. The lowest BCUT2D eigenvalue weighted by Crippen LogP contribution is -2.32. The van der Waals surface area contributed by atoms with Crippen molar-refractivity contribution in [1.29, 1.82) is 0 Å². The van der Waals surface area contributed by atoms with Crippen molar-refractivity contribution >= 4 is 0 Å². The maximum absolute atomic E-state index is 10.1. The van der Waals surface area contributed by atoms with Gasteiger partial charge in [0.25, 0.3) is 0 Å². The molecule has 0 amide bonds. The molecule has 3 heteroatoms. The van der Waals surface area contributed by atoms with E-state index in [0.717, 1.165) is 12.2 Å². The zero-order valence-corrected chi connectivity index (χ0v) is 15.0. The monoisotopic (exact) mass is 307 g/mol.